The third-order valence-electron chi connectivity index (χ3n) is 3.66. The van der Waals surface area contributed by atoms with E-state index in [1.54, 1.807) is 17.0 Å². The molecule has 126 valence electrons. The molecule has 0 bridgehead atoms. The standard InChI is InChI=1S/C16H23N3O4/c1-12-2-7-15(21)19(12)14-5-3-13(4-6-14)18-16(22)17-8-10-23-11-9-20/h3-6,12,20H,2,7-11H2,1H3,(H2,17,18,22)/t12-/m0/s1. The van der Waals surface area contributed by atoms with Gasteiger partial charge in [0.2, 0.25) is 5.91 Å². The third-order valence-corrected chi connectivity index (χ3v) is 3.66. The maximum atomic E-state index is 11.9. The first-order chi connectivity index (χ1) is 11.1. The molecule has 1 saturated heterocycles. The Morgan fingerprint density at radius 3 is 2.70 bits per heavy atom. The Balaban J connectivity index is 1.80. The molecule has 0 spiro atoms. The molecule has 3 N–H and O–H groups in total. The lowest BCUT2D eigenvalue weighted by Gasteiger charge is -2.22. The van der Waals surface area contributed by atoms with E-state index in [-0.39, 0.29) is 31.2 Å². The van der Waals surface area contributed by atoms with Crippen molar-refractivity contribution in [2.75, 3.05) is 36.6 Å². The number of benzene rings is 1. The van der Waals surface area contributed by atoms with Crippen LogP contribution >= 0.6 is 0 Å². The van der Waals surface area contributed by atoms with Crippen LogP contribution in [0.25, 0.3) is 0 Å². The van der Waals surface area contributed by atoms with Gasteiger partial charge in [-0.1, -0.05) is 0 Å². The highest BCUT2D eigenvalue weighted by Crippen LogP contribution is 2.27. The minimum atomic E-state index is -0.323. The summed E-state index contributed by atoms with van der Waals surface area (Å²) in [5.41, 5.74) is 1.50. The minimum Gasteiger partial charge on any atom is -0.394 e. The van der Waals surface area contributed by atoms with Crippen LogP contribution in [0.4, 0.5) is 16.2 Å². The van der Waals surface area contributed by atoms with Crippen molar-refractivity contribution in [2.45, 2.75) is 25.8 Å². The second-order valence-electron chi connectivity index (χ2n) is 5.42. The predicted octanol–water partition coefficient (Wildman–Crippen LogP) is 1.33. The van der Waals surface area contributed by atoms with Crippen molar-refractivity contribution in [2.24, 2.45) is 0 Å². The number of hydrogen-bond acceptors (Lipinski definition) is 4. The van der Waals surface area contributed by atoms with Crippen LogP contribution in [0.3, 0.4) is 0 Å². The highest BCUT2D eigenvalue weighted by atomic mass is 16.5. The van der Waals surface area contributed by atoms with Gasteiger partial charge in [0.05, 0.1) is 19.8 Å². The molecule has 1 aromatic rings. The summed E-state index contributed by atoms with van der Waals surface area (Å²) in [5, 5.41) is 13.9. The number of amides is 3. The molecule has 1 aliphatic heterocycles. The molecule has 0 aromatic heterocycles. The number of nitrogens with zero attached hydrogens (tertiary/aromatic N) is 1. The fourth-order valence-electron chi connectivity index (χ4n) is 2.51. The molecule has 1 aromatic carbocycles. The van der Waals surface area contributed by atoms with Crippen LogP contribution in [0.15, 0.2) is 24.3 Å². The number of aliphatic hydroxyl groups is 1. The zero-order chi connectivity index (χ0) is 16.7. The topological polar surface area (TPSA) is 90.9 Å². The lowest BCUT2D eigenvalue weighted by Crippen LogP contribution is -2.32. The summed E-state index contributed by atoms with van der Waals surface area (Å²) in [4.78, 5) is 25.4. The van der Waals surface area contributed by atoms with Gasteiger partial charge in [0.15, 0.2) is 0 Å². The van der Waals surface area contributed by atoms with Gasteiger partial charge in [-0.05, 0) is 37.6 Å². The van der Waals surface area contributed by atoms with Crippen molar-refractivity contribution in [3.63, 3.8) is 0 Å². The Bertz CT molecular complexity index is 533. The monoisotopic (exact) mass is 321 g/mol. The van der Waals surface area contributed by atoms with Crippen molar-refractivity contribution in [1.29, 1.82) is 0 Å². The van der Waals surface area contributed by atoms with E-state index in [0.29, 0.717) is 25.3 Å². The molecule has 7 nitrogen and oxygen atoms in total. The van der Waals surface area contributed by atoms with Crippen LogP contribution in [0.1, 0.15) is 19.8 Å². The number of hydrogen-bond donors (Lipinski definition) is 3. The first-order valence-electron chi connectivity index (χ1n) is 7.77. The first kappa shape index (κ1) is 17.2. The largest absolute Gasteiger partial charge is 0.394 e. The lowest BCUT2D eigenvalue weighted by atomic mass is 10.2. The smallest absolute Gasteiger partial charge is 0.319 e. The Kier molecular flexibility index (Phi) is 6.37. The Morgan fingerprint density at radius 1 is 1.35 bits per heavy atom. The van der Waals surface area contributed by atoms with E-state index in [4.69, 9.17) is 9.84 Å². The second-order valence-corrected chi connectivity index (χ2v) is 5.42. The van der Waals surface area contributed by atoms with Crippen molar-refractivity contribution in [1.82, 2.24) is 5.32 Å². The molecule has 1 heterocycles. The number of aliphatic hydroxyl groups excluding tert-OH is 1. The molecular formula is C16H23N3O4. The SMILES string of the molecule is C[C@H]1CCC(=O)N1c1ccc(NC(=O)NCCOCCO)cc1. The van der Waals surface area contributed by atoms with E-state index in [1.165, 1.54) is 0 Å². The molecule has 0 saturated carbocycles. The van der Waals surface area contributed by atoms with Gasteiger partial charge in [0.25, 0.3) is 0 Å². The number of carbonyl (C=O) groups is 2. The number of nitrogens with one attached hydrogen (secondary N) is 2. The molecule has 0 aliphatic carbocycles. The summed E-state index contributed by atoms with van der Waals surface area (Å²) in [6.07, 6.45) is 1.46. The van der Waals surface area contributed by atoms with Crippen LogP contribution in [-0.4, -0.2) is 49.5 Å². The average molecular weight is 321 g/mol. The van der Waals surface area contributed by atoms with Crippen molar-refractivity contribution >= 4 is 23.3 Å². The normalized spacial score (nSPS) is 17.4. The van der Waals surface area contributed by atoms with Crippen molar-refractivity contribution in [3.8, 4) is 0 Å². The van der Waals surface area contributed by atoms with Gasteiger partial charge in [-0.15, -0.1) is 0 Å². The third kappa shape index (κ3) is 4.94. The summed E-state index contributed by atoms with van der Waals surface area (Å²) in [7, 11) is 0. The van der Waals surface area contributed by atoms with E-state index in [1.807, 2.05) is 19.1 Å². The molecule has 2 rings (SSSR count). The molecule has 0 unspecified atom stereocenters. The quantitative estimate of drug-likeness (QED) is 0.661. The molecule has 3 amide bonds. The maximum absolute atomic E-state index is 11.9. The number of anilines is 2. The predicted molar refractivity (Wildman–Crippen MR) is 87.6 cm³/mol. The van der Waals surface area contributed by atoms with E-state index in [2.05, 4.69) is 10.6 Å². The average Bonchev–Trinajstić information content (AvgIpc) is 2.87. The zero-order valence-corrected chi connectivity index (χ0v) is 13.2. The molecule has 7 heteroatoms. The van der Waals surface area contributed by atoms with E-state index in [0.717, 1.165) is 12.1 Å². The number of ether oxygens (including phenoxy) is 1. The number of rotatable bonds is 7. The lowest BCUT2D eigenvalue weighted by molar-refractivity contribution is -0.117. The first-order valence-corrected chi connectivity index (χ1v) is 7.77. The van der Waals surface area contributed by atoms with E-state index < -0.39 is 0 Å². The molecule has 1 fully saturated rings. The maximum Gasteiger partial charge on any atom is 0.319 e. The molecule has 1 aliphatic rings. The number of carbonyl (C=O) groups excluding carboxylic acids is 2. The highest BCUT2D eigenvalue weighted by Gasteiger charge is 2.28. The number of urea groups is 1. The van der Waals surface area contributed by atoms with Crippen LogP contribution in [-0.2, 0) is 9.53 Å². The molecule has 1 atom stereocenters. The van der Waals surface area contributed by atoms with Crippen molar-refractivity contribution in [3.05, 3.63) is 24.3 Å². The highest BCUT2D eigenvalue weighted by molar-refractivity contribution is 5.96. The second kappa shape index (κ2) is 8.50. The fraction of sp³-hybridized carbons (Fsp3) is 0.500. The van der Waals surface area contributed by atoms with Gasteiger partial charge in [0.1, 0.15) is 0 Å². The molecular weight excluding hydrogens is 298 g/mol. The van der Waals surface area contributed by atoms with E-state index in [9.17, 15) is 9.59 Å². The van der Waals surface area contributed by atoms with Gasteiger partial charge in [-0.25, -0.2) is 4.79 Å². The fourth-order valence-corrected chi connectivity index (χ4v) is 2.51. The van der Waals surface area contributed by atoms with Crippen LogP contribution in [0.2, 0.25) is 0 Å². The minimum absolute atomic E-state index is 0.0311. The van der Waals surface area contributed by atoms with Crippen LogP contribution in [0.5, 0.6) is 0 Å². The van der Waals surface area contributed by atoms with Gasteiger partial charge in [-0.2, -0.15) is 0 Å². The van der Waals surface area contributed by atoms with Crippen LogP contribution in [0, 0.1) is 0 Å². The van der Waals surface area contributed by atoms with Crippen LogP contribution < -0.4 is 15.5 Å². The van der Waals surface area contributed by atoms with Gasteiger partial charge < -0.3 is 25.4 Å². The Labute approximate surface area is 135 Å². The van der Waals surface area contributed by atoms with Gasteiger partial charge in [-0.3, -0.25) is 4.79 Å². The molecule has 23 heavy (non-hydrogen) atoms. The summed E-state index contributed by atoms with van der Waals surface area (Å²) in [6.45, 7) is 2.98. The van der Waals surface area contributed by atoms with Gasteiger partial charge in [0, 0.05) is 30.4 Å². The Hall–Kier alpha value is -2.12. The summed E-state index contributed by atoms with van der Waals surface area (Å²) in [6, 6.07) is 7.10. The van der Waals surface area contributed by atoms with E-state index >= 15 is 0 Å². The van der Waals surface area contributed by atoms with Crippen molar-refractivity contribution < 1.29 is 19.4 Å². The summed E-state index contributed by atoms with van der Waals surface area (Å²) in [5.74, 6) is 0.138. The molecule has 0 radical (unpaired) electrons. The Morgan fingerprint density at radius 2 is 2.09 bits per heavy atom. The summed E-state index contributed by atoms with van der Waals surface area (Å²) >= 11 is 0. The van der Waals surface area contributed by atoms with Gasteiger partial charge >= 0.3 is 6.03 Å². The summed E-state index contributed by atoms with van der Waals surface area (Å²) < 4.78 is 5.05. The zero-order valence-electron chi connectivity index (χ0n) is 13.2.